The van der Waals surface area contributed by atoms with Crippen LogP contribution in [0.25, 0.3) is 0 Å². The molecule has 0 aliphatic carbocycles. The summed E-state index contributed by atoms with van der Waals surface area (Å²) in [7, 11) is 0. The largest absolute Gasteiger partial charge is 0.494 e. The number of hydrazone groups is 1. The molecule has 104 valence electrons. The fourth-order valence-electron chi connectivity index (χ4n) is 1.56. The van der Waals surface area contributed by atoms with Crippen LogP contribution >= 0.6 is 0 Å². The molecule has 0 aliphatic rings. The van der Waals surface area contributed by atoms with Crippen molar-refractivity contribution >= 4 is 12.2 Å². The maximum atomic E-state index is 5.65. The second kappa shape index (κ2) is 8.97. The standard InChI is InChI=1S/C14H22N4O/c1-2-3-4-5-10-19-13-8-6-12(7-9-13)11-17-18-14(15)16/h6-9,11H,2-5,10H2,1H3,(H4,15,16,18)/p+1/b17-11+. The van der Waals surface area contributed by atoms with Crippen LogP contribution in [-0.4, -0.2) is 18.8 Å². The summed E-state index contributed by atoms with van der Waals surface area (Å²) in [5.41, 5.74) is 11.4. The molecule has 1 aromatic carbocycles. The van der Waals surface area contributed by atoms with E-state index < -0.39 is 0 Å². The lowest BCUT2D eigenvalue weighted by Gasteiger charge is -2.05. The molecule has 5 nitrogen and oxygen atoms in total. The molecule has 5 heteroatoms. The highest BCUT2D eigenvalue weighted by atomic mass is 16.5. The second-order valence-electron chi connectivity index (χ2n) is 4.29. The molecule has 0 bridgehead atoms. The fourth-order valence-corrected chi connectivity index (χ4v) is 1.56. The quantitative estimate of drug-likeness (QED) is 0.273. The highest BCUT2D eigenvalue weighted by molar-refractivity contribution is 5.77. The Balaban J connectivity index is 2.35. The maximum Gasteiger partial charge on any atom is 0.256 e. The number of unbranched alkanes of at least 4 members (excludes halogenated alkanes) is 3. The van der Waals surface area contributed by atoms with Gasteiger partial charge in [0.15, 0.2) is 0 Å². The lowest BCUT2D eigenvalue weighted by molar-refractivity contribution is -0.456. The number of ether oxygens (including phenoxy) is 1. The molecule has 0 saturated heterocycles. The van der Waals surface area contributed by atoms with Crippen molar-refractivity contribution in [3.05, 3.63) is 29.8 Å². The molecule has 5 N–H and O–H groups in total. The average molecular weight is 263 g/mol. The van der Waals surface area contributed by atoms with Gasteiger partial charge in [0.05, 0.1) is 6.61 Å². The van der Waals surface area contributed by atoms with Crippen molar-refractivity contribution < 1.29 is 9.84 Å². The van der Waals surface area contributed by atoms with Crippen LogP contribution in [-0.2, 0) is 0 Å². The SMILES string of the molecule is CCCCCCOc1ccc(/C=[NH+]/N=C(N)N)cc1. The van der Waals surface area contributed by atoms with Gasteiger partial charge in [-0.15, -0.1) is 5.10 Å². The zero-order valence-electron chi connectivity index (χ0n) is 11.4. The number of nitrogens with two attached hydrogens (primary N) is 2. The van der Waals surface area contributed by atoms with Crippen LogP contribution < -0.4 is 21.3 Å². The Morgan fingerprint density at radius 1 is 1.21 bits per heavy atom. The molecule has 1 aromatic rings. The van der Waals surface area contributed by atoms with Gasteiger partial charge in [-0.25, -0.2) is 0 Å². The minimum atomic E-state index is 0.00304. The van der Waals surface area contributed by atoms with Crippen molar-refractivity contribution in [2.75, 3.05) is 6.61 Å². The Kier molecular flexibility index (Phi) is 7.09. The molecule has 0 atom stereocenters. The monoisotopic (exact) mass is 263 g/mol. The van der Waals surface area contributed by atoms with Crippen LogP contribution in [0.3, 0.4) is 0 Å². The Bertz CT molecular complexity index is 408. The van der Waals surface area contributed by atoms with Gasteiger partial charge in [-0.1, -0.05) is 26.2 Å². The first-order valence-electron chi connectivity index (χ1n) is 6.62. The average Bonchev–Trinajstić information content (AvgIpc) is 2.40. The second-order valence-corrected chi connectivity index (χ2v) is 4.29. The maximum absolute atomic E-state index is 5.65. The summed E-state index contributed by atoms with van der Waals surface area (Å²) in [5.74, 6) is 0.888. The summed E-state index contributed by atoms with van der Waals surface area (Å²) in [6.07, 6.45) is 6.56. The lowest BCUT2D eigenvalue weighted by atomic mass is 10.2. The van der Waals surface area contributed by atoms with Crippen molar-refractivity contribution in [2.24, 2.45) is 16.6 Å². The molecule has 0 aliphatic heterocycles. The van der Waals surface area contributed by atoms with Gasteiger partial charge in [-0.05, 0) is 30.7 Å². The van der Waals surface area contributed by atoms with Gasteiger partial charge in [-0.2, -0.15) is 0 Å². The third-order valence-corrected chi connectivity index (χ3v) is 2.57. The highest BCUT2D eigenvalue weighted by Crippen LogP contribution is 2.11. The minimum Gasteiger partial charge on any atom is -0.494 e. The van der Waals surface area contributed by atoms with E-state index in [1.807, 2.05) is 24.3 Å². The van der Waals surface area contributed by atoms with Crippen molar-refractivity contribution in [1.29, 1.82) is 0 Å². The Labute approximate surface area is 114 Å². The lowest BCUT2D eigenvalue weighted by Crippen LogP contribution is -2.63. The van der Waals surface area contributed by atoms with Crippen LogP contribution in [0, 0.1) is 0 Å². The molecule has 0 radical (unpaired) electrons. The first-order valence-corrected chi connectivity index (χ1v) is 6.62. The van der Waals surface area contributed by atoms with E-state index in [1.54, 1.807) is 6.21 Å². The van der Waals surface area contributed by atoms with Crippen LogP contribution in [0.15, 0.2) is 29.4 Å². The van der Waals surface area contributed by atoms with Gasteiger partial charge in [-0.3, -0.25) is 0 Å². The number of rotatable bonds is 8. The molecular formula is C14H23N4O+. The zero-order chi connectivity index (χ0) is 13.9. The van der Waals surface area contributed by atoms with Gasteiger partial charge < -0.3 is 16.2 Å². The summed E-state index contributed by atoms with van der Waals surface area (Å²) >= 11 is 0. The molecule has 0 heterocycles. The normalized spacial score (nSPS) is 10.6. The topological polar surface area (TPSA) is 87.6 Å². The summed E-state index contributed by atoms with van der Waals surface area (Å²) in [4.78, 5) is 0. The predicted octanol–water partition coefficient (Wildman–Crippen LogP) is 0.334. The third kappa shape index (κ3) is 7.08. The van der Waals surface area contributed by atoms with Crippen molar-refractivity contribution in [3.8, 4) is 5.75 Å². The van der Waals surface area contributed by atoms with E-state index in [2.05, 4.69) is 17.1 Å². The number of nitrogens with zero attached hydrogens (tertiary/aromatic N) is 1. The van der Waals surface area contributed by atoms with Gasteiger partial charge in [0.25, 0.3) is 5.96 Å². The summed E-state index contributed by atoms with van der Waals surface area (Å²) in [6.45, 7) is 2.97. The van der Waals surface area contributed by atoms with E-state index in [1.165, 1.54) is 19.3 Å². The summed E-state index contributed by atoms with van der Waals surface area (Å²) in [6, 6.07) is 7.75. The first-order chi connectivity index (χ1) is 9.22. The van der Waals surface area contributed by atoms with Gasteiger partial charge in [0, 0.05) is 10.7 Å². The molecule has 0 fully saturated rings. The molecule has 1 rings (SSSR count). The molecule has 19 heavy (non-hydrogen) atoms. The van der Waals surface area contributed by atoms with Gasteiger partial charge in [0.1, 0.15) is 5.75 Å². The molecule has 0 saturated carbocycles. The summed E-state index contributed by atoms with van der Waals surface area (Å²) < 4.78 is 5.65. The predicted molar refractivity (Wildman–Crippen MR) is 78.0 cm³/mol. The van der Waals surface area contributed by atoms with Crippen LogP contribution in [0.2, 0.25) is 0 Å². The molecule has 0 aromatic heterocycles. The number of benzene rings is 1. The van der Waals surface area contributed by atoms with Gasteiger partial charge >= 0.3 is 0 Å². The van der Waals surface area contributed by atoms with Crippen molar-refractivity contribution in [2.45, 2.75) is 32.6 Å². The zero-order valence-corrected chi connectivity index (χ0v) is 11.4. The van der Waals surface area contributed by atoms with Gasteiger partial charge in [0.2, 0.25) is 6.21 Å². The molecule has 0 spiro atoms. The first kappa shape index (κ1) is 15.0. The number of hydrogen-bond acceptors (Lipinski definition) is 2. The van der Waals surface area contributed by atoms with Crippen molar-refractivity contribution in [3.63, 3.8) is 0 Å². The summed E-state index contributed by atoms with van der Waals surface area (Å²) in [5, 5.41) is 6.31. The molecule has 0 amide bonds. The van der Waals surface area contributed by atoms with E-state index in [9.17, 15) is 0 Å². The number of guanidine groups is 1. The fraction of sp³-hybridized carbons (Fsp3) is 0.429. The van der Waals surface area contributed by atoms with E-state index in [0.29, 0.717) is 0 Å². The minimum absolute atomic E-state index is 0.00304. The smallest absolute Gasteiger partial charge is 0.256 e. The molecule has 0 unspecified atom stereocenters. The van der Waals surface area contributed by atoms with Crippen molar-refractivity contribution in [1.82, 2.24) is 0 Å². The van der Waals surface area contributed by atoms with Crippen LogP contribution in [0.4, 0.5) is 0 Å². The highest BCUT2D eigenvalue weighted by Gasteiger charge is 1.96. The van der Waals surface area contributed by atoms with E-state index in [0.717, 1.165) is 24.3 Å². The Hall–Kier alpha value is -2.04. The number of nitrogens with one attached hydrogen (secondary N) is 1. The van der Waals surface area contributed by atoms with E-state index in [-0.39, 0.29) is 5.96 Å². The van der Waals surface area contributed by atoms with Crippen LogP contribution in [0.5, 0.6) is 5.75 Å². The third-order valence-electron chi connectivity index (χ3n) is 2.57. The van der Waals surface area contributed by atoms with E-state index >= 15 is 0 Å². The van der Waals surface area contributed by atoms with E-state index in [4.69, 9.17) is 16.2 Å². The number of hydrogen-bond donors (Lipinski definition) is 3. The van der Waals surface area contributed by atoms with Crippen LogP contribution in [0.1, 0.15) is 38.2 Å². The Morgan fingerprint density at radius 3 is 2.58 bits per heavy atom. The molecular weight excluding hydrogens is 240 g/mol. The Morgan fingerprint density at radius 2 is 1.95 bits per heavy atom.